The molecule has 30 heavy (non-hydrogen) atoms. The first-order valence-corrected chi connectivity index (χ1v) is 10.9. The molecular weight excluding hydrogens is 402 g/mol. The van der Waals surface area contributed by atoms with Crippen LogP contribution in [0.2, 0.25) is 0 Å². The number of hydrogen-bond acceptors (Lipinski definition) is 6. The second-order valence-electron chi connectivity index (χ2n) is 7.63. The number of fused-ring (bicyclic) bond motifs is 3. The van der Waals surface area contributed by atoms with Gasteiger partial charge in [-0.15, -0.1) is 11.3 Å². The van der Waals surface area contributed by atoms with E-state index in [1.54, 1.807) is 31.3 Å². The molecule has 0 saturated heterocycles. The molecule has 9 heteroatoms. The first-order chi connectivity index (χ1) is 14.4. The van der Waals surface area contributed by atoms with E-state index in [0.29, 0.717) is 30.6 Å². The number of nitrogens with one attached hydrogen (secondary N) is 1. The lowest BCUT2D eigenvalue weighted by atomic mass is 10.0. The Balaban J connectivity index is 1.57. The number of aromatic nitrogens is 1. The van der Waals surface area contributed by atoms with Crippen LogP contribution in [0.3, 0.4) is 0 Å². The first kappa shape index (κ1) is 20.3. The molecule has 0 aromatic carbocycles. The predicted octanol–water partition coefficient (Wildman–Crippen LogP) is 1.89. The van der Waals surface area contributed by atoms with Gasteiger partial charge in [-0.2, -0.15) is 0 Å². The molecular formula is C21H25N5O3S. The fraction of sp³-hybridized carbons (Fsp3) is 0.429. The third kappa shape index (κ3) is 3.54. The molecule has 4 heterocycles. The third-order valence-corrected chi connectivity index (χ3v) is 6.81. The van der Waals surface area contributed by atoms with Crippen molar-refractivity contribution in [2.75, 3.05) is 43.5 Å². The van der Waals surface area contributed by atoms with E-state index in [4.69, 9.17) is 0 Å². The minimum atomic E-state index is -0.117. The van der Waals surface area contributed by atoms with Crippen molar-refractivity contribution in [3.63, 3.8) is 0 Å². The van der Waals surface area contributed by atoms with E-state index in [9.17, 15) is 14.4 Å². The maximum atomic E-state index is 12.9. The van der Waals surface area contributed by atoms with Crippen LogP contribution in [-0.2, 0) is 17.8 Å². The summed E-state index contributed by atoms with van der Waals surface area (Å²) in [6.45, 7) is 4.10. The maximum Gasteiger partial charge on any atom is 0.257 e. The number of anilines is 2. The highest BCUT2D eigenvalue weighted by atomic mass is 32.1. The lowest BCUT2D eigenvalue weighted by molar-refractivity contribution is -0.118. The molecule has 0 spiro atoms. The molecule has 2 aliphatic rings. The van der Waals surface area contributed by atoms with Gasteiger partial charge >= 0.3 is 0 Å². The van der Waals surface area contributed by atoms with Crippen LogP contribution < -0.4 is 15.1 Å². The lowest BCUT2D eigenvalue weighted by Crippen LogP contribution is -2.36. The number of likely N-dealkylation sites (N-methyl/N-ethyl adjacent to an activating group) is 2. The molecule has 4 rings (SSSR count). The zero-order valence-electron chi connectivity index (χ0n) is 17.4. The number of thiophene rings is 1. The van der Waals surface area contributed by atoms with Crippen LogP contribution in [0.25, 0.3) is 0 Å². The summed E-state index contributed by atoms with van der Waals surface area (Å²) in [7, 11) is 3.40. The highest BCUT2D eigenvalue weighted by Crippen LogP contribution is 2.41. The Labute approximate surface area is 179 Å². The zero-order chi connectivity index (χ0) is 21.4. The average molecular weight is 428 g/mol. The van der Waals surface area contributed by atoms with Crippen molar-refractivity contribution in [1.29, 1.82) is 0 Å². The summed E-state index contributed by atoms with van der Waals surface area (Å²) in [5, 5.41) is 3.58. The number of hydrogen-bond donors (Lipinski definition) is 1. The minimum absolute atomic E-state index is 0.0846. The van der Waals surface area contributed by atoms with E-state index in [0.717, 1.165) is 34.2 Å². The number of nitrogens with zero attached hydrogens (tertiary/aromatic N) is 4. The normalized spacial score (nSPS) is 16.3. The largest absolute Gasteiger partial charge is 0.352 e. The zero-order valence-corrected chi connectivity index (χ0v) is 18.2. The second kappa shape index (κ2) is 8.06. The van der Waals surface area contributed by atoms with Gasteiger partial charge in [0.1, 0.15) is 17.4 Å². The molecule has 0 atom stereocenters. The Morgan fingerprint density at radius 3 is 2.73 bits per heavy atom. The highest BCUT2D eigenvalue weighted by molar-refractivity contribution is 7.17. The predicted molar refractivity (Wildman–Crippen MR) is 116 cm³/mol. The molecule has 2 aliphatic heterocycles. The van der Waals surface area contributed by atoms with Gasteiger partial charge in [0.25, 0.3) is 11.8 Å². The molecule has 0 radical (unpaired) electrons. The van der Waals surface area contributed by atoms with Crippen molar-refractivity contribution in [3.05, 3.63) is 39.9 Å². The van der Waals surface area contributed by atoms with Crippen molar-refractivity contribution < 1.29 is 14.4 Å². The average Bonchev–Trinajstić information content (AvgIpc) is 3.11. The van der Waals surface area contributed by atoms with E-state index in [1.807, 2.05) is 13.0 Å². The van der Waals surface area contributed by atoms with Crippen molar-refractivity contribution >= 4 is 39.9 Å². The van der Waals surface area contributed by atoms with Crippen molar-refractivity contribution in [2.24, 2.45) is 0 Å². The molecule has 2 aromatic heterocycles. The topological polar surface area (TPSA) is 85.8 Å². The monoisotopic (exact) mass is 427 g/mol. The van der Waals surface area contributed by atoms with Gasteiger partial charge in [0.15, 0.2) is 0 Å². The summed E-state index contributed by atoms with van der Waals surface area (Å²) in [4.78, 5) is 48.1. The van der Waals surface area contributed by atoms with Crippen LogP contribution in [0.4, 0.5) is 10.8 Å². The molecule has 0 bridgehead atoms. The summed E-state index contributed by atoms with van der Waals surface area (Å²) in [6.07, 6.45) is 3.20. The molecule has 1 N–H and O–H groups in total. The second-order valence-corrected chi connectivity index (χ2v) is 8.71. The molecule has 0 saturated carbocycles. The van der Waals surface area contributed by atoms with Crippen molar-refractivity contribution in [2.45, 2.75) is 26.3 Å². The van der Waals surface area contributed by atoms with Gasteiger partial charge in [-0.25, -0.2) is 4.98 Å². The Kier molecular flexibility index (Phi) is 5.46. The van der Waals surface area contributed by atoms with Crippen LogP contribution in [0.1, 0.15) is 44.5 Å². The summed E-state index contributed by atoms with van der Waals surface area (Å²) >= 11 is 1.51. The van der Waals surface area contributed by atoms with Crippen LogP contribution >= 0.6 is 11.3 Å². The van der Waals surface area contributed by atoms with Crippen molar-refractivity contribution in [1.82, 2.24) is 15.2 Å². The fourth-order valence-corrected chi connectivity index (χ4v) is 5.11. The van der Waals surface area contributed by atoms with Crippen molar-refractivity contribution in [3.8, 4) is 0 Å². The van der Waals surface area contributed by atoms with E-state index < -0.39 is 0 Å². The SMILES string of the molecule is CCCNC(=O)c1ccc(N2CCc3c(sc4c3C(=O)N(C)CC(=O)N4C)C2)nc1. The van der Waals surface area contributed by atoms with Crippen LogP contribution in [-0.4, -0.2) is 61.3 Å². The third-order valence-electron chi connectivity index (χ3n) is 5.52. The van der Waals surface area contributed by atoms with Crippen LogP contribution in [0, 0.1) is 0 Å². The van der Waals surface area contributed by atoms with Gasteiger partial charge in [0, 0.05) is 38.3 Å². The molecule has 158 valence electrons. The lowest BCUT2D eigenvalue weighted by Gasteiger charge is -2.28. The van der Waals surface area contributed by atoms with E-state index >= 15 is 0 Å². The molecule has 3 amide bonds. The summed E-state index contributed by atoms with van der Waals surface area (Å²) < 4.78 is 0. The Morgan fingerprint density at radius 2 is 2.03 bits per heavy atom. The minimum Gasteiger partial charge on any atom is -0.352 e. The van der Waals surface area contributed by atoms with Gasteiger partial charge in [-0.05, 0) is 30.5 Å². The van der Waals surface area contributed by atoms with Gasteiger partial charge in [0.05, 0.1) is 17.7 Å². The summed E-state index contributed by atoms with van der Waals surface area (Å²) in [5.41, 5.74) is 2.25. The quantitative estimate of drug-likeness (QED) is 0.805. The Morgan fingerprint density at radius 1 is 1.23 bits per heavy atom. The number of carbonyl (C=O) groups is 3. The summed E-state index contributed by atoms with van der Waals surface area (Å²) in [6, 6.07) is 3.65. The van der Waals surface area contributed by atoms with Gasteiger partial charge in [-0.1, -0.05) is 6.92 Å². The van der Waals surface area contributed by atoms with Gasteiger partial charge in [-0.3, -0.25) is 14.4 Å². The van der Waals surface area contributed by atoms with Gasteiger partial charge in [0.2, 0.25) is 5.91 Å². The van der Waals surface area contributed by atoms with Crippen LogP contribution in [0.5, 0.6) is 0 Å². The number of pyridine rings is 1. The number of rotatable bonds is 4. The Bertz CT molecular complexity index is 1000. The molecule has 0 fully saturated rings. The molecule has 2 aromatic rings. The maximum absolute atomic E-state index is 12.9. The van der Waals surface area contributed by atoms with E-state index in [1.165, 1.54) is 16.2 Å². The fourth-order valence-electron chi connectivity index (χ4n) is 3.77. The number of amides is 3. The first-order valence-electron chi connectivity index (χ1n) is 10.1. The Hall–Kier alpha value is -2.94. The molecule has 8 nitrogen and oxygen atoms in total. The highest BCUT2D eigenvalue weighted by Gasteiger charge is 2.35. The standard InChI is InChI=1S/C21H25N5O3S/c1-4-8-22-19(28)13-5-6-16(23-10-13)26-9-7-14-15(11-26)30-21-18(14)20(29)24(2)12-17(27)25(21)3/h5-6,10H,4,7-9,11-12H2,1-3H3,(H,22,28). The van der Waals surface area contributed by atoms with Gasteiger partial charge < -0.3 is 20.0 Å². The van der Waals surface area contributed by atoms with E-state index in [-0.39, 0.29) is 24.3 Å². The molecule has 0 aliphatic carbocycles. The summed E-state index contributed by atoms with van der Waals surface area (Å²) in [5.74, 6) is 0.506. The number of carbonyl (C=O) groups excluding carboxylic acids is 3. The molecule has 0 unspecified atom stereocenters. The van der Waals surface area contributed by atoms with Crippen LogP contribution in [0.15, 0.2) is 18.3 Å². The smallest absolute Gasteiger partial charge is 0.257 e. The van der Waals surface area contributed by atoms with E-state index in [2.05, 4.69) is 15.2 Å².